The molecule has 2 aromatic rings. The molecule has 0 saturated carbocycles. The quantitative estimate of drug-likeness (QED) is 0.863. The summed E-state index contributed by atoms with van der Waals surface area (Å²) in [5.41, 5.74) is 1.12. The number of fused-ring (bicyclic) bond motifs is 1. The van der Waals surface area contributed by atoms with E-state index in [0.29, 0.717) is 12.0 Å². The standard InChI is InChI=1S/C11H17N3S/c1-8(2)9(3)12-6-10-7-14-4-5-15-11(14)13-10/h4-5,7-9,12H,6H2,1-3H3. The predicted molar refractivity (Wildman–Crippen MR) is 64.2 cm³/mol. The lowest BCUT2D eigenvalue weighted by atomic mass is 10.1. The van der Waals surface area contributed by atoms with Gasteiger partial charge >= 0.3 is 0 Å². The molecule has 1 atom stereocenters. The van der Waals surface area contributed by atoms with Crippen molar-refractivity contribution in [2.45, 2.75) is 33.4 Å². The third-order valence-corrected chi connectivity index (χ3v) is 3.52. The van der Waals surface area contributed by atoms with Crippen LogP contribution in [0.1, 0.15) is 26.5 Å². The summed E-state index contributed by atoms with van der Waals surface area (Å²) in [5.74, 6) is 0.661. The number of hydrogen-bond acceptors (Lipinski definition) is 3. The minimum absolute atomic E-state index is 0.532. The van der Waals surface area contributed by atoms with Crippen LogP contribution in [-0.2, 0) is 6.54 Å². The van der Waals surface area contributed by atoms with Gasteiger partial charge in [-0.15, -0.1) is 11.3 Å². The average molecular weight is 223 g/mol. The van der Waals surface area contributed by atoms with Crippen molar-refractivity contribution in [2.75, 3.05) is 0 Å². The van der Waals surface area contributed by atoms with E-state index in [4.69, 9.17) is 0 Å². The molecule has 1 unspecified atom stereocenters. The molecule has 15 heavy (non-hydrogen) atoms. The Morgan fingerprint density at radius 3 is 2.93 bits per heavy atom. The van der Waals surface area contributed by atoms with E-state index in [1.54, 1.807) is 11.3 Å². The maximum atomic E-state index is 4.52. The van der Waals surface area contributed by atoms with Crippen LogP contribution in [0.4, 0.5) is 0 Å². The van der Waals surface area contributed by atoms with Crippen molar-refractivity contribution < 1.29 is 0 Å². The van der Waals surface area contributed by atoms with Crippen LogP contribution in [0.15, 0.2) is 17.8 Å². The van der Waals surface area contributed by atoms with Gasteiger partial charge in [0.15, 0.2) is 4.96 Å². The topological polar surface area (TPSA) is 29.3 Å². The highest BCUT2D eigenvalue weighted by molar-refractivity contribution is 7.15. The third kappa shape index (κ3) is 2.38. The van der Waals surface area contributed by atoms with Gasteiger partial charge in [0.2, 0.25) is 0 Å². The number of thiazole rings is 1. The molecule has 0 aliphatic carbocycles. The van der Waals surface area contributed by atoms with Gasteiger partial charge in [-0.05, 0) is 12.8 Å². The Bertz CT molecular complexity index is 401. The smallest absolute Gasteiger partial charge is 0.193 e. The second-order valence-corrected chi connectivity index (χ2v) is 5.11. The molecule has 1 N–H and O–H groups in total. The predicted octanol–water partition coefficient (Wildman–Crippen LogP) is 2.53. The van der Waals surface area contributed by atoms with Gasteiger partial charge in [0.25, 0.3) is 0 Å². The summed E-state index contributed by atoms with van der Waals surface area (Å²) < 4.78 is 2.07. The molecule has 4 heteroatoms. The second-order valence-electron chi connectivity index (χ2n) is 4.24. The molecule has 2 heterocycles. The highest BCUT2D eigenvalue weighted by atomic mass is 32.1. The summed E-state index contributed by atoms with van der Waals surface area (Å²) in [6, 6.07) is 0.532. The average Bonchev–Trinajstić information content (AvgIpc) is 2.72. The number of imidazole rings is 1. The highest BCUT2D eigenvalue weighted by Crippen LogP contribution is 2.11. The third-order valence-electron chi connectivity index (χ3n) is 2.75. The van der Waals surface area contributed by atoms with Crippen molar-refractivity contribution in [3.8, 4) is 0 Å². The maximum Gasteiger partial charge on any atom is 0.193 e. The molecule has 82 valence electrons. The molecule has 0 aromatic carbocycles. The lowest BCUT2D eigenvalue weighted by Gasteiger charge is -2.16. The Morgan fingerprint density at radius 2 is 2.27 bits per heavy atom. The van der Waals surface area contributed by atoms with Gasteiger partial charge in [-0.25, -0.2) is 4.98 Å². The van der Waals surface area contributed by atoms with Crippen LogP contribution in [0, 0.1) is 5.92 Å². The number of nitrogens with one attached hydrogen (secondary N) is 1. The van der Waals surface area contributed by atoms with Gasteiger partial charge in [-0.1, -0.05) is 13.8 Å². The second kappa shape index (κ2) is 4.33. The SMILES string of the molecule is CC(C)C(C)NCc1cn2ccsc2n1. The van der Waals surface area contributed by atoms with Crippen molar-refractivity contribution in [1.82, 2.24) is 14.7 Å². The van der Waals surface area contributed by atoms with Gasteiger partial charge in [0, 0.05) is 30.4 Å². The summed E-state index contributed by atoms with van der Waals surface area (Å²) in [6.07, 6.45) is 4.13. The first-order valence-electron chi connectivity index (χ1n) is 5.31. The zero-order valence-corrected chi connectivity index (χ0v) is 10.2. The minimum atomic E-state index is 0.532. The van der Waals surface area contributed by atoms with Gasteiger partial charge < -0.3 is 5.32 Å². The molecule has 2 aromatic heterocycles. The molecule has 3 nitrogen and oxygen atoms in total. The minimum Gasteiger partial charge on any atom is -0.308 e. The molecular formula is C11H17N3S. The van der Waals surface area contributed by atoms with E-state index >= 15 is 0 Å². The van der Waals surface area contributed by atoms with Crippen LogP contribution in [0.5, 0.6) is 0 Å². The molecule has 0 amide bonds. The molecule has 0 saturated heterocycles. The van der Waals surface area contributed by atoms with Crippen molar-refractivity contribution in [2.24, 2.45) is 5.92 Å². The summed E-state index contributed by atoms with van der Waals surface area (Å²) in [5, 5.41) is 5.53. The Hall–Kier alpha value is -0.870. The van der Waals surface area contributed by atoms with E-state index in [2.05, 4.69) is 47.0 Å². The fraction of sp³-hybridized carbons (Fsp3) is 0.545. The van der Waals surface area contributed by atoms with Gasteiger partial charge in [0.1, 0.15) is 0 Å². The van der Waals surface area contributed by atoms with Crippen molar-refractivity contribution in [1.29, 1.82) is 0 Å². The fourth-order valence-electron chi connectivity index (χ4n) is 1.36. The van der Waals surface area contributed by atoms with Crippen LogP contribution >= 0.6 is 11.3 Å². The lowest BCUT2D eigenvalue weighted by molar-refractivity contribution is 0.424. The van der Waals surface area contributed by atoms with Gasteiger partial charge in [0.05, 0.1) is 5.69 Å². The Balaban J connectivity index is 1.98. The Labute approximate surface area is 94.1 Å². The molecule has 0 spiro atoms. The highest BCUT2D eigenvalue weighted by Gasteiger charge is 2.07. The zero-order chi connectivity index (χ0) is 10.8. The molecular weight excluding hydrogens is 206 g/mol. The van der Waals surface area contributed by atoms with E-state index in [9.17, 15) is 0 Å². The van der Waals surface area contributed by atoms with Crippen molar-refractivity contribution in [3.05, 3.63) is 23.5 Å². The first-order chi connectivity index (χ1) is 7.16. The summed E-state index contributed by atoms with van der Waals surface area (Å²) in [7, 11) is 0. The van der Waals surface area contributed by atoms with E-state index < -0.39 is 0 Å². The Morgan fingerprint density at radius 1 is 1.47 bits per heavy atom. The zero-order valence-electron chi connectivity index (χ0n) is 9.40. The van der Waals surface area contributed by atoms with Gasteiger partial charge in [-0.3, -0.25) is 4.40 Å². The summed E-state index contributed by atoms with van der Waals surface area (Å²) in [4.78, 5) is 5.60. The molecule has 0 fully saturated rings. The largest absolute Gasteiger partial charge is 0.308 e. The number of nitrogens with zero attached hydrogens (tertiary/aromatic N) is 2. The summed E-state index contributed by atoms with van der Waals surface area (Å²) in [6.45, 7) is 7.52. The Kier molecular flexibility index (Phi) is 3.07. The van der Waals surface area contributed by atoms with Crippen LogP contribution in [-0.4, -0.2) is 15.4 Å². The number of aromatic nitrogens is 2. The van der Waals surface area contributed by atoms with Crippen molar-refractivity contribution >= 4 is 16.3 Å². The van der Waals surface area contributed by atoms with Crippen LogP contribution in [0.25, 0.3) is 4.96 Å². The summed E-state index contributed by atoms with van der Waals surface area (Å²) >= 11 is 1.67. The molecule has 0 aliphatic heterocycles. The van der Waals surface area contributed by atoms with Crippen molar-refractivity contribution in [3.63, 3.8) is 0 Å². The maximum absolute atomic E-state index is 4.52. The molecule has 0 radical (unpaired) electrons. The van der Waals surface area contributed by atoms with Gasteiger partial charge in [-0.2, -0.15) is 0 Å². The first kappa shape index (κ1) is 10.6. The fourth-order valence-corrected chi connectivity index (χ4v) is 2.08. The monoisotopic (exact) mass is 223 g/mol. The van der Waals surface area contributed by atoms with E-state index in [1.165, 1.54) is 0 Å². The van der Waals surface area contributed by atoms with Crippen LogP contribution in [0.3, 0.4) is 0 Å². The first-order valence-corrected chi connectivity index (χ1v) is 6.19. The lowest BCUT2D eigenvalue weighted by Crippen LogP contribution is -2.30. The van der Waals surface area contributed by atoms with Crippen LogP contribution in [0.2, 0.25) is 0 Å². The van der Waals surface area contributed by atoms with E-state index in [0.717, 1.165) is 17.2 Å². The number of hydrogen-bond donors (Lipinski definition) is 1. The molecule has 0 bridgehead atoms. The van der Waals surface area contributed by atoms with E-state index in [-0.39, 0.29) is 0 Å². The molecule has 2 rings (SSSR count). The van der Waals surface area contributed by atoms with Crippen LogP contribution < -0.4 is 5.32 Å². The molecule has 0 aliphatic rings. The van der Waals surface area contributed by atoms with E-state index in [1.807, 2.05) is 6.20 Å². The number of rotatable bonds is 4. The normalized spacial score (nSPS) is 13.9.